The maximum absolute atomic E-state index is 12.7. The summed E-state index contributed by atoms with van der Waals surface area (Å²) in [5, 5.41) is 9.43. The Labute approximate surface area is 121 Å². The van der Waals surface area contributed by atoms with Gasteiger partial charge in [0.15, 0.2) is 0 Å². The Morgan fingerprint density at radius 3 is 2.45 bits per heavy atom. The van der Waals surface area contributed by atoms with Gasteiger partial charge in [-0.05, 0) is 42.5 Å². The van der Waals surface area contributed by atoms with Crippen LogP contribution in [0, 0.1) is 17.1 Å². The Morgan fingerprint density at radius 1 is 1.05 bits per heavy atom. The molecule has 0 saturated heterocycles. The first-order valence-electron chi connectivity index (χ1n) is 5.90. The van der Waals surface area contributed by atoms with E-state index in [1.807, 2.05) is 6.07 Å². The highest BCUT2D eigenvalue weighted by atomic mass is 35.5. The number of rotatable bonds is 5. The number of hydrogen-bond acceptors (Lipinski definition) is 3. The van der Waals surface area contributed by atoms with Crippen LogP contribution in [-0.4, -0.2) is 13.2 Å². The van der Waals surface area contributed by atoms with Crippen molar-refractivity contribution in [3.05, 3.63) is 58.9 Å². The minimum atomic E-state index is -0.312. The molecule has 2 rings (SSSR count). The largest absolute Gasteiger partial charge is 0.490 e. The molecule has 0 heterocycles. The normalized spacial score (nSPS) is 9.85. The van der Waals surface area contributed by atoms with Gasteiger partial charge in [-0.15, -0.1) is 0 Å². The first kappa shape index (κ1) is 14.2. The number of hydrogen-bond donors (Lipinski definition) is 0. The maximum atomic E-state index is 12.7. The van der Waals surface area contributed by atoms with Crippen LogP contribution >= 0.6 is 11.6 Å². The fraction of sp³-hybridized carbons (Fsp3) is 0.133. The second kappa shape index (κ2) is 6.78. The van der Waals surface area contributed by atoms with Crippen LogP contribution in [0.25, 0.3) is 0 Å². The fourth-order valence-electron chi connectivity index (χ4n) is 1.56. The van der Waals surface area contributed by atoms with E-state index < -0.39 is 0 Å². The van der Waals surface area contributed by atoms with Crippen LogP contribution in [-0.2, 0) is 0 Å². The van der Waals surface area contributed by atoms with Crippen LogP contribution in [0.15, 0.2) is 42.5 Å². The van der Waals surface area contributed by atoms with E-state index in [0.717, 1.165) is 0 Å². The van der Waals surface area contributed by atoms with Crippen molar-refractivity contribution in [2.45, 2.75) is 0 Å². The molecule has 0 atom stereocenters. The smallest absolute Gasteiger partial charge is 0.137 e. The molecule has 0 amide bonds. The Bertz CT molecular complexity index is 623. The molecule has 0 aliphatic rings. The van der Waals surface area contributed by atoms with E-state index >= 15 is 0 Å². The Balaban J connectivity index is 1.84. The summed E-state index contributed by atoms with van der Waals surface area (Å²) in [6.45, 7) is 0.562. The third-order valence-electron chi connectivity index (χ3n) is 2.49. The van der Waals surface area contributed by atoms with E-state index in [2.05, 4.69) is 0 Å². The van der Waals surface area contributed by atoms with Crippen molar-refractivity contribution < 1.29 is 13.9 Å². The van der Waals surface area contributed by atoms with E-state index in [9.17, 15) is 4.39 Å². The number of halogens is 2. The van der Waals surface area contributed by atoms with Crippen LogP contribution in [0.3, 0.4) is 0 Å². The van der Waals surface area contributed by atoms with Crippen molar-refractivity contribution in [2.75, 3.05) is 13.2 Å². The molecule has 3 nitrogen and oxygen atoms in total. The molecule has 0 saturated carbocycles. The Hall–Kier alpha value is -2.25. The highest BCUT2D eigenvalue weighted by molar-refractivity contribution is 6.30. The summed E-state index contributed by atoms with van der Waals surface area (Å²) in [7, 11) is 0. The SMILES string of the molecule is N#Cc1cc(Cl)ccc1OCCOc1ccc(F)cc1. The van der Waals surface area contributed by atoms with Gasteiger partial charge in [-0.2, -0.15) is 5.26 Å². The van der Waals surface area contributed by atoms with Crippen molar-refractivity contribution in [2.24, 2.45) is 0 Å². The van der Waals surface area contributed by atoms with Gasteiger partial charge in [-0.25, -0.2) is 4.39 Å². The van der Waals surface area contributed by atoms with Gasteiger partial charge < -0.3 is 9.47 Å². The second-order valence-corrected chi connectivity index (χ2v) is 4.34. The van der Waals surface area contributed by atoms with Gasteiger partial charge in [0.05, 0.1) is 5.56 Å². The maximum Gasteiger partial charge on any atom is 0.137 e. The van der Waals surface area contributed by atoms with Gasteiger partial charge in [-0.1, -0.05) is 11.6 Å². The standard InChI is InChI=1S/C15H11ClFNO2/c16-12-1-6-15(11(9-12)10-18)20-8-7-19-14-4-2-13(17)3-5-14/h1-6,9H,7-8H2. The average molecular weight is 292 g/mol. The van der Waals surface area contributed by atoms with E-state index in [4.69, 9.17) is 26.3 Å². The molecule has 0 bridgehead atoms. The molecule has 0 aliphatic heterocycles. The lowest BCUT2D eigenvalue weighted by Crippen LogP contribution is -2.09. The lowest BCUT2D eigenvalue weighted by atomic mass is 10.2. The van der Waals surface area contributed by atoms with Crippen LogP contribution in [0.5, 0.6) is 11.5 Å². The van der Waals surface area contributed by atoms with Crippen molar-refractivity contribution in [3.8, 4) is 17.6 Å². The number of nitrogens with zero attached hydrogens (tertiary/aromatic N) is 1. The van der Waals surface area contributed by atoms with Gasteiger partial charge in [0.25, 0.3) is 0 Å². The van der Waals surface area contributed by atoms with Crippen molar-refractivity contribution in [1.29, 1.82) is 5.26 Å². The van der Waals surface area contributed by atoms with E-state index in [-0.39, 0.29) is 12.4 Å². The molecule has 102 valence electrons. The van der Waals surface area contributed by atoms with Crippen LogP contribution in [0.1, 0.15) is 5.56 Å². The first-order valence-corrected chi connectivity index (χ1v) is 6.27. The Morgan fingerprint density at radius 2 is 1.75 bits per heavy atom. The molecule has 0 fully saturated rings. The molecule has 0 spiro atoms. The average Bonchev–Trinajstić information content (AvgIpc) is 2.46. The summed E-state index contributed by atoms with van der Waals surface area (Å²) in [5.41, 5.74) is 0.374. The monoisotopic (exact) mass is 291 g/mol. The zero-order chi connectivity index (χ0) is 14.4. The van der Waals surface area contributed by atoms with Crippen LogP contribution in [0.4, 0.5) is 4.39 Å². The van der Waals surface area contributed by atoms with Crippen LogP contribution < -0.4 is 9.47 Å². The summed E-state index contributed by atoms with van der Waals surface area (Å²) in [6.07, 6.45) is 0. The van der Waals surface area contributed by atoms with Crippen molar-refractivity contribution >= 4 is 11.6 Å². The molecule has 0 N–H and O–H groups in total. The molecule has 20 heavy (non-hydrogen) atoms. The molecular weight excluding hydrogens is 281 g/mol. The number of nitriles is 1. The molecule has 0 aliphatic carbocycles. The lowest BCUT2D eigenvalue weighted by Gasteiger charge is -2.09. The predicted octanol–water partition coefficient (Wildman–Crippen LogP) is 3.81. The topological polar surface area (TPSA) is 42.2 Å². The van der Waals surface area contributed by atoms with Gasteiger partial charge in [0.1, 0.15) is 36.6 Å². The van der Waals surface area contributed by atoms with E-state index in [0.29, 0.717) is 28.7 Å². The number of benzene rings is 2. The van der Waals surface area contributed by atoms with Gasteiger partial charge >= 0.3 is 0 Å². The summed E-state index contributed by atoms with van der Waals surface area (Å²) in [4.78, 5) is 0. The first-order chi connectivity index (χ1) is 9.69. The van der Waals surface area contributed by atoms with Gasteiger partial charge in [0.2, 0.25) is 0 Å². The molecule has 2 aromatic rings. The summed E-state index contributed by atoms with van der Waals surface area (Å²) < 4.78 is 23.5. The van der Waals surface area contributed by atoms with Gasteiger partial charge in [-0.3, -0.25) is 0 Å². The predicted molar refractivity (Wildman–Crippen MR) is 73.6 cm³/mol. The summed E-state index contributed by atoms with van der Waals surface area (Å²) in [6, 6.07) is 12.6. The molecular formula is C15H11ClFNO2. The number of ether oxygens (including phenoxy) is 2. The summed E-state index contributed by atoms with van der Waals surface area (Å²) in [5.74, 6) is 0.708. The molecule has 0 unspecified atom stereocenters. The zero-order valence-corrected chi connectivity index (χ0v) is 11.2. The Kier molecular flexibility index (Phi) is 4.80. The molecule has 0 aromatic heterocycles. The fourth-order valence-corrected chi connectivity index (χ4v) is 1.73. The van der Waals surface area contributed by atoms with E-state index in [1.165, 1.54) is 18.2 Å². The highest BCUT2D eigenvalue weighted by Gasteiger charge is 2.04. The third kappa shape index (κ3) is 3.87. The van der Waals surface area contributed by atoms with Crippen LogP contribution in [0.2, 0.25) is 5.02 Å². The molecule has 5 heteroatoms. The van der Waals surface area contributed by atoms with Gasteiger partial charge in [0, 0.05) is 5.02 Å². The highest BCUT2D eigenvalue weighted by Crippen LogP contribution is 2.22. The zero-order valence-electron chi connectivity index (χ0n) is 10.5. The molecule has 0 radical (unpaired) electrons. The van der Waals surface area contributed by atoms with Crippen molar-refractivity contribution in [1.82, 2.24) is 0 Å². The quantitative estimate of drug-likeness (QED) is 0.787. The van der Waals surface area contributed by atoms with Crippen molar-refractivity contribution in [3.63, 3.8) is 0 Å². The minimum Gasteiger partial charge on any atom is -0.490 e. The molecule has 2 aromatic carbocycles. The summed E-state index contributed by atoms with van der Waals surface area (Å²) >= 11 is 5.79. The lowest BCUT2D eigenvalue weighted by molar-refractivity contribution is 0.216. The third-order valence-corrected chi connectivity index (χ3v) is 2.72. The second-order valence-electron chi connectivity index (χ2n) is 3.90. The van der Waals surface area contributed by atoms with E-state index in [1.54, 1.807) is 24.3 Å². The minimum absolute atomic E-state index is 0.272.